The lowest BCUT2D eigenvalue weighted by atomic mass is 10.2. The maximum absolute atomic E-state index is 12.7. The molecule has 0 radical (unpaired) electrons. The molecule has 1 fully saturated rings. The minimum Gasteiger partial charge on any atom is -0.310 e. The zero-order chi connectivity index (χ0) is 20.1. The number of anilines is 1. The van der Waals surface area contributed by atoms with Crippen LogP contribution in [0.2, 0.25) is 0 Å². The lowest BCUT2D eigenvalue weighted by Crippen LogP contribution is -2.19. The minimum atomic E-state index is -0.323. The lowest BCUT2D eigenvalue weighted by Gasteiger charge is -2.08. The van der Waals surface area contributed by atoms with E-state index in [2.05, 4.69) is 25.5 Å². The van der Waals surface area contributed by atoms with Gasteiger partial charge in [0.25, 0.3) is 5.56 Å². The van der Waals surface area contributed by atoms with Crippen molar-refractivity contribution in [2.75, 3.05) is 5.32 Å². The summed E-state index contributed by atoms with van der Waals surface area (Å²) in [5.41, 5.74) is 2.72. The Labute approximate surface area is 165 Å². The summed E-state index contributed by atoms with van der Waals surface area (Å²) in [6.07, 6.45) is 3.29. The summed E-state index contributed by atoms with van der Waals surface area (Å²) in [6.45, 7) is 3.82. The Hall–Kier alpha value is -3.75. The summed E-state index contributed by atoms with van der Waals surface area (Å²) in [5, 5.41) is 12.0. The van der Waals surface area contributed by atoms with E-state index in [1.165, 1.54) is 10.9 Å². The molecule has 0 aliphatic heterocycles. The van der Waals surface area contributed by atoms with Gasteiger partial charge in [0.05, 0.1) is 17.6 Å². The Kier molecular flexibility index (Phi) is 3.83. The average Bonchev–Trinajstić information content (AvgIpc) is 3.36. The van der Waals surface area contributed by atoms with Crippen molar-refractivity contribution in [3.05, 3.63) is 58.1 Å². The standard InChI is InChI=1S/C20H19N7O2/c1-11-3-7-14(8-4-11)26-17-15(10-21-26)19(29)24-20(23-17)27-16(9-12(2)25-27)22-18(28)13-5-6-13/h3-4,7-10,13H,5-6H2,1-2H3,(H,22,28)(H,23,24,29). The summed E-state index contributed by atoms with van der Waals surface area (Å²) in [6, 6.07) is 9.54. The third-order valence-corrected chi connectivity index (χ3v) is 4.94. The highest BCUT2D eigenvalue weighted by Crippen LogP contribution is 2.30. The number of H-pyrrole nitrogens is 1. The van der Waals surface area contributed by atoms with E-state index in [9.17, 15) is 9.59 Å². The van der Waals surface area contributed by atoms with Crippen LogP contribution < -0.4 is 10.9 Å². The van der Waals surface area contributed by atoms with Gasteiger partial charge in [-0.3, -0.25) is 14.6 Å². The van der Waals surface area contributed by atoms with Crippen molar-refractivity contribution in [3.8, 4) is 11.6 Å². The Morgan fingerprint density at radius 3 is 2.66 bits per heavy atom. The number of fused-ring (bicyclic) bond motifs is 1. The molecule has 3 aromatic heterocycles. The van der Waals surface area contributed by atoms with Crippen molar-refractivity contribution in [2.45, 2.75) is 26.7 Å². The number of carbonyl (C=O) groups excluding carboxylic acids is 1. The quantitative estimate of drug-likeness (QED) is 0.556. The number of hydrogen-bond acceptors (Lipinski definition) is 5. The Bertz CT molecular complexity index is 1290. The van der Waals surface area contributed by atoms with Gasteiger partial charge in [-0.05, 0) is 38.8 Å². The number of nitrogens with zero attached hydrogens (tertiary/aromatic N) is 5. The van der Waals surface area contributed by atoms with Gasteiger partial charge < -0.3 is 5.32 Å². The van der Waals surface area contributed by atoms with E-state index in [-0.39, 0.29) is 23.3 Å². The number of nitrogens with one attached hydrogen (secondary N) is 2. The fraction of sp³-hybridized carbons (Fsp3) is 0.250. The number of amides is 1. The predicted molar refractivity (Wildman–Crippen MR) is 107 cm³/mol. The first-order valence-corrected chi connectivity index (χ1v) is 9.42. The van der Waals surface area contributed by atoms with Gasteiger partial charge in [-0.1, -0.05) is 17.7 Å². The topological polar surface area (TPSA) is 110 Å². The van der Waals surface area contributed by atoms with Crippen LogP contribution in [0.5, 0.6) is 0 Å². The smallest absolute Gasteiger partial charge is 0.263 e. The van der Waals surface area contributed by atoms with Gasteiger partial charge in [0, 0.05) is 12.0 Å². The molecule has 1 aliphatic rings. The monoisotopic (exact) mass is 389 g/mol. The van der Waals surface area contributed by atoms with Crippen molar-refractivity contribution >= 4 is 22.8 Å². The third-order valence-electron chi connectivity index (χ3n) is 4.94. The molecule has 0 unspecified atom stereocenters. The van der Waals surface area contributed by atoms with Gasteiger partial charge in [0.2, 0.25) is 11.9 Å². The number of aromatic nitrogens is 6. The van der Waals surface area contributed by atoms with Gasteiger partial charge in [-0.15, -0.1) is 0 Å². The molecule has 0 atom stereocenters. The van der Waals surface area contributed by atoms with Crippen LogP contribution in [0.4, 0.5) is 5.82 Å². The number of aryl methyl sites for hydroxylation is 2. The summed E-state index contributed by atoms with van der Waals surface area (Å²) in [5.74, 6) is 0.703. The second-order valence-corrected chi connectivity index (χ2v) is 7.37. The molecule has 0 bridgehead atoms. The normalized spacial score (nSPS) is 13.7. The molecular weight excluding hydrogens is 370 g/mol. The molecule has 1 aromatic carbocycles. The van der Waals surface area contributed by atoms with Crippen LogP contribution >= 0.6 is 0 Å². The largest absolute Gasteiger partial charge is 0.310 e. The molecule has 1 amide bonds. The Morgan fingerprint density at radius 1 is 1.17 bits per heavy atom. The molecule has 146 valence electrons. The number of rotatable bonds is 4. The SMILES string of the molecule is Cc1ccc(-n2ncc3c(=O)[nH]c(-n4nc(C)cc4NC(=O)C4CC4)nc32)cc1. The molecule has 2 N–H and O–H groups in total. The number of benzene rings is 1. The maximum Gasteiger partial charge on any atom is 0.263 e. The molecule has 1 aliphatic carbocycles. The first-order valence-electron chi connectivity index (χ1n) is 9.42. The van der Waals surface area contributed by atoms with Crippen LogP contribution in [0.25, 0.3) is 22.7 Å². The van der Waals surface area contributed by atoms with Gasteiger partial charge in [-0.25, -0.2) is 4.68 Å². The van der Waals surface area contributed by atoms with Crippen LogP contribution in [0.15, 0.2) is 41.3 Å². The highest BCUT2D eigenvalue weighted by Gasteiger charge is 2.30. The fourth-order valence-corrected chi connectivity index (χ4v) is 3.21. The molecule has 29 heavy (non-hydrogen) atoms. The number of aromatic amines is 1. The number of hydrogen-bond donors (Lipinski definition) is 2. The Morgan fingerprint density at radius 2 is 1.93 bits per heavy atom. The number of carbonyl (C=O) groups is 1. The van der Waals surface area contributed by atoms with Crippen molar-refractivity contribution in [3.63, 3.8) is 0 Å². The maximum atomic E-state index is 12.7. The van der Waals surface area contributed by atoms with Crippen LogP contribution in [-0.2, 0) is 4.79 Å². The summed E-state index contributed by atoms with van der Waals surface area (Å²) < 4.78 is 3.06. The van der Waals surface area contributed by atoms with Gasteiger partial charge in [0.15, 0.2) is 5.65 Å². The highest BCUT2D eigenvalue weighted by molar-refractivity contribution is 5.93. The van der Waals surface area contributed by atoms with E-state index in [0.717, 1.165) is 24.1 Å². The molecular formula is C20H19N7O2. The minimum absolute atomic E-state index is 0.0423. The van der Waals surface area contributed by atoms with Gasteiger partial charge in [0.1, 0.15) is 11.2 Å². The van der Waals surface area contributed by atoms with Crippen LogP contribution in [-0.4, -0.2) is 35.4 Å². The first-order chi connectivity index (χ1) is 14.0. The zero-order valence-electron chi connectivity index (χ0n) is 16.0. The van der Waals surface area contributed by atoms with Crippen molar-refractivity contribution in [1.29, 1.82) is 0 Å². The molecule has 4 aromatic rings. The Balaban J connectivity index is 1.63. The molecule has 1 saturated carbocycles. The molecule has 5 rings (SSSR count). The molecule has 0 saturated heterocycles. The van der Waals surface area contributed by atoms with Crippen molar-refractivity contribution < 1.29 is 4.79 Å². The highest BCUT2D eigenvalue weighted by atomic mass is 16.2. The van der Waals surface area contributed by atoms with Crippen molar-refractivity contribution in [2.24, 2.45) is 5.92 Å². The zero-order valence-corrected chi connectivity index (χ0v) is 16.0. The second kappa shape index (κ2) is 6.40. The predicted octanol–water partition coefficient (Wildman–Crippen LogP) is 2.26. The van der Waals surface area contributed by atoms with Crippen LogP contribution in [0.1, 0.15) is 24.1 Å². The second-order valence-electron chi connectivity index (χ2n) is 7.37. The summed E-state index contributed by atoms with van der Waals surface area (Å²) >= 11 is 0. The summed E-state index contributed by atoms with van der Waals surface area (Å²) in [4.78, 5) is 32.2. The third kappa shape index (κ3) is 3.10. The van der Waals surface area contributed by atoms with Crippen molar-refractivity contribution in [1.82, 2.24) is 29.5 Å². The molecule has 9 heteroatoms. The summed E-state index contributed by atoms with van der Waals surface area (Å²) in [7, 11) is 0. The first kappa shape index (κ1) is 17.4. The van der Waals surface area contributed by atoms with E-state index in [0.29, 0.717) is 22.5 Å². The lowest BCUT2D eigenvalue weighted by molar-refractivity contribution is -0.117. The fourth-order valence-electron chi connectivity index (χ4n) is 3.21. The van der Waals surface area contributed by atoms with E-state index >= 15 is 0 Å². The van der Waals surface area contributed by atoms with E-state index < -0.39 is 0 Å². The molecule has 0 spiro atoms. The molecule has 9 nitrogen and oxygen atoms in total. The van der Waals surface area contributed by atoms with Gasteiger partial charge in [-0.2, -0.15) is 19.9 Å². The average molecular weight is 389 g/mol. The van der Waals surface area contributed by atoms with E-state index in [1.54, 1.807) is 10.7 Å². The van der Waals surface area contributed by atoms with Gasteiger partial charge >= 0.3 is 0 Å². The van der Waals surface area contributed by atoms with Crippen LogP contribution in [0.3, 0.4) is 0 Å². The van der Waals surface area contributed by atoms with E-state index in [4.69, 9.17) is 0 Å². The van der Waals surface area contributed by atoms with E-state index in [1.807, 2.05) is 38.1 Å². The van der Waals surface area contributed by atoms with Crippen LogP contribution in [0, 0.1) is 19.8 Å². The molecule has 3 heterocycles.